The van der Waals surface area contributed by atoms with E-state index in [0.29, 0.717) is 68.3 Å². The number of aromatic nitrogens is 1. The van der Waals surface area contributed by atoms with E-state index in [4.69, 9.17) is 37.4 Å². The first kappa shape index (κ1) is 41.2. The Labute approximate surface area is 349 Å². The molecule has 0 aliphatic carbocycles. The number of rotatable bonds is 14. The number of piperazine rings is 1. The van der Waals surface area contributed by atoms with Crippen LogP contribution in [0.1, 0.15) is 52.0 Å². The number of anilines is 3. The summed E-state index contributed by atoms with van der Waals surface area (Å²) in [6.07, 6.45) is 2.47. The maximum atomic E-state index is 13.4. The van der Waals surface area contributed by atoms with E-state index in [-0.39, 0.29) is 42.0 Å². The zero-order valence-electron chi connectivity index (χ0n) is 32.2. The minimum Gasteiger partial charge on any atom is -0.495 e. The summed E-state index contributed by atoms with van der Waals surface area (Å²) in [7, 11) is 3.04. The van der Waals surface area contributed by atoms with Gasteiger partial charge in [-0.05, 0) is 37.1 Å². The van der Waals surface area contributed by atoms with Crippen molar-refractivity contribution in [2.24, 2.45) is 0 Å². The lowest BCUT2D eigenvalue weighted by Gasteiger charge is -2.34. The van der Waals surface area contributed by atoms with Crippen LogP contribution in [-0.4, -0.2) is 115 Å². The van der Waals surface area contributed by atoms with Gasteiger partial charge in [0, 0.05) is 75.8 Å². The summed E-state index contributed by atoms with van der Waals surface area (Å²) in [4.78, 5) is 73.5. The fraction of sp³-hybridized carbons (Fsp3) is 0.341. The van der Waals surface area contributed by atoms with Crippen LogP contribution < -0.4 is 30.2 Å². The number of halogens is 2. The predicted octanol–water partition coefficient (Wildman–Crippen LogP) is 4.99. The van der Waals surface area contributed by atoms with Crippen molar-refractivity contribution in [1.29, 1.82) is 5.26 Å². The van der Waals surface area contributed by atoms with E-state index >= 15 is 0 Å². The summed E-state index contributed by atoms with van der Waals surface area (Å²) in [5.41, 5.74) is 2.22. The first-order chi connectivity index (χ1) is 28.5. The van der Waals surface area contributed by atoms with Crippen LogP contribution in [0.5, 0.6) is 17.2 Å². The van der Waals surface area contributed by atoms with Crippen LogP contribution in [0.3, 0.4) is 0 Å². The fourth-order valence-electron chi connectivity index (χ4n) is 7.41. The van der Waals surface area contributed by atoms with Crippen LogP contribution in [0, 0.1) is 11.3 Å². The van der Waals surface area contributed by atoms with Gasteiger partial charge in [0.1, 0.15) is 17.9 Å². The van der Waals surface area contributed by atoms with Crippen LogP contribution >= 0.6 is 23.2 Å². The molecule has 4 heterocycles. The number of ether oxygens (including phenoxy) is 3. The van der Waals surface area contributed by atoms with Gasteiger partial charge in [0.05, 0.1) is 70.1 Å². The van der Waals surface area contributed by atoms with Crippen LogP contribution in [0.15, 0.2) is 48.7 Å². The molecule has 0 saturated carbocycles. The number of fused-ring (bicyclic) bond motifs is 2. The van der Waals surface area contributed by atoms with Gasteiger partial charge in [0.15, 0.2) is 11.5 Å². The number of hydrogen-bond donors (Lipinski definition) is 3. The van der Waals surface area contributed by atoms with E-state index in [0.717, 1.165) is 44.0 Å². The molecule has 59 heavy (non-hydrogen) atoms. The second kappa shape index (κ2) is 17.9. The molecule has 1 unspecified atom stereocenters. The lowest BCUT2D eigenvalue weighted by molar-refractivity contribution is -0.136. The van der Waals surface area contributed by atoms with Gasteiger partial charge in [-0.15, -0.1) is 0 Å². The van der Waals surface area contributed by atoms with E-state index in [1.165, 1.54) is 19.4 Å². The highest BCUT2D eigenvalue weighted by Gasteiger charge is 2.45. The quantitative estimate of drug-likeness (QED) is 0.114. The Morgan fingerprint density at radius 1 is 0.932 bits per heavy atom. The normalized spacial score (nSPS) is 17.1. The molecule has 1 aromatic heterocycles. The molecule has 3 aromatic carbocycles. The molecule has 306 valence electrons. The van der Waals surface area contributed by atoms with Crippen molar-refractivity contribution >= 4 is 80.7 Å². The second-order valence-corrected chi connectivity index (χ2v) is 14.9. The molecule has 2 saturated heterocycles. The highest BCUT2D eigenvalue weighted by molar-refractivity contribution is 6.37. The summed E-state index contributed by atoms with van der Waals surface area (Å²) in [5, 5.41) is 19.4. The van der Waals surface area contributed by atoms with Crippen molar-refractivity contribution in [3.63, 3.8) is 0 Å². The molecule has 3 N–H and O–H groups in total. The van der Waals surface area contributed by atoms with Gasteiger partial charge in [0.25, 0.3) is 11.8 Å². The number of pyridine rings is 1. The number of piperidine rings is 1. The fourth-order valence-corrected chi connectivity index (χ4v) is 7.91. The number of nitriles is 1. The molecule has 3 aliphatic rings. The molecule has 1 atom stereocenters. The highest BCUT2D eigenvalue weighted by atomic mass is 35.5. The summed E-state index contributed by atoms with van der Waals surface area (Å²) in [6.45, 7) is 4.89. The molecule has 0 spiro atoms. The molecule has 2 fully saturated rings. The van der Waals surface area contributed by atoms with Crippen molar-refractivity contribution in [2.75, 3.05) is 70.7 Å². The van der Waals surface area contributed by atoms with Crippen molar-refractivity contribution < 1.29 is 38.2 Å². The monoisotopic (exact) mass is 842 g/mol. The molecule has 18 heteroatoms. The van der Waals surface area contributed by atoms with E-state index < -0.39 is 29.7 Å². The number of methoxy groups -OCH3 is 2. The van der Waals surface area contributed by atoms with Crippen LogP contribution in [-0.2, 0) is 14.4 Å². The van der Waals surface area contributed by atoms with Gasteiger partial charge >= 0.3 is 0 Å². The van der Waals surface area contributed by atoms with Gasteiger partial charge in [-0.2, -0.15) is 5.26 Å². The average Bonchev–Trinajstić information content (AvgIpc) is 3.48. The molecule has 4 aromatic rings. The van der Waals surface area contributed by atoms with Crippen LogP contribution in [0.2, 0.25) is 10.0 Å². The molecule has 3 aliphatic heterocycles. The summed E-state index contributed by atoms with van der Waals surface area (Å²) in [6, 6.07) is 12.5. The maximum Gasteiger partial charge on any atom is 0.264 e. The molecule has 7 rings (SSSR count). The first-order valence-corrected chi connectivity index (χ1v) is 19.7. The Morgan fingerprint density at radius 3 is 2.39 bits per heavy atom. The zero-order valence-corrected chi connectivity index (χ0v) is 33.7. The topological polar surface area (TPSA) is 196 Å². The Morgan fingerprint density at radius 2 is 1.68 bits per heavy atom. The number of amides is 5. The lowest BCUT2D eigenvalue weighted by atomic mass is 10.0. The Kier molecular flexibility index (Phi) is 12.5. The third-order valence-electron chi connectivity index (χ3n) is 10.5. The SMILES string of the molecule is COc1cc(Nc2c(C#N)cnc3cc(OCCCN4CCN(CCC(=O)Nc5cccc6c5C(=O)N(C5CCC(=O)NC5=O)C6=O)CC4)c(OC)cc23)c(Cl)cc1Cl. The third kappa shape index (κ3) is 8.74. The Bertz CT molecular complexity index is 2400. The van der Waals surface area contributed by atoms with Crippen LogP contribution in [0.4, 0.5) is 17.1 Å². The number of carbonyl (C=O) groups excluding carboxylic acids is 5. The van der Waals surface area contributed by atoms with E-state index in [1.807, 2.05) is 0 Å². The van der Waals surface area contributed by atoms with Crippen LogP contribution in [0.25, 0.3) is 10.9 Å². The Balaban J connectivity index is 0.882. The standard InChI is InChI=1S/C41H40Cl2N8O8/c1-57-32-20-30(26(42)18-27(32)43)47-38-23(21-44)22-45-29-19-34(33(58-2)17-25(29)38)59-16-4-10-49-12-14-50(15-13-49)11-9-36(53)46-28-6-3-5-24-37(28)41(56)51(40(24)55)31-7-8-35(52)48-39(31)54/h3,5-6,17-20,22,31H,4,7-16H2,1-2H3,(H,45,47)(H,46,53)(H,48,52,54). The highest BCUT2D eigenvalue weighted by Crippen LogP contribution is 2.40. The minimum absolute atomic E-state index is 0.0181. The smallest absolute Gasteiger partial charge is 0.264 e. The number of nitrogens with one attached hydrogen (secondary N) is 3. The van der Waals surface area contributed by atoms with Gasteiger partial charge in [-0.1, -0.05) is 29.3 Å². The zero-order chi connectivity index (χ0) is 41.8. The summed E-state index contributed by atoms with van der Waals surface area (Å²) in [5.74, 6) is -1.35. The number of nitrogens with zero attached hydrogens (tertiary/aromatic N) is 5. The second-order valence-electron chi connectivity index (χ2n) is 14.1. The van der Waals surface area contributed by atoms with E-state index in [9.17, 15) is 29.2 Å². The number of benzene rings is 3. The van der Waals surface area contributed by atoms with Gasteiger partial charge in [-0.25, -0.2) is 0 Å². The summed E-state index contributed by atoms with van der Waals surface area (Å²) < 4.78 is 17.2. The molecular formula is C41H40Cl2N8O8. The number of hydrogen-bond acceptors (Lipinski definition) is 13. The molecule has 5 amide bonds. The minimum atomic E-state index is -1.09. The largest absolute Gasteiger partial charge is 0.495 e. The van der Waals surface area contributed by atoms with E-state index in [1.54, 1.807) is 43.5 Å². The average molecular weight is 844 g/mol. The van der Waals surface area contributed by atoms with Crippen molar-refractivity contribution in [2.45, 2.75) is 31.7 Å². The van der Waals surface area contributed by atoms with Crippen molar-refractivity contribution in [3.05, 3.63) is 75.4 Å². The van der Waals surface area contributed by atoms with Crippen molar-refractivity contribution in [1.82, 2.24) is 25.0 Å². The maximum absolute atomic E-state index is 13.4. The Hall–Kier alpha value is -5.99. The molecular weight excluding hydrogens is 803 g/mol. The third-order valence-corrected chi connectivity index (χ3v) is 11.1. The molecule has 0 bridgehead atoms. The van der Waals surface area contributed by atoms with Gasteiger partial charge in [0.2, 0.25) is 17.7 Å². The molecule has 16 nitrogen and oxygen atoms in total. The number of carbonyl (C=O) groups is 5. The van der Waals surface area contributed by atoms with Gasteiger partial charge in [-0.3, -0.25) is 39.2 Å². The molecule has 0 radical (unpaired) electrons. The van der Waals surface area contributed by atoms with Gasteiger partial charge < -0.3 is 34.6 Å². The first-order valence-electron chi connectivity index (χ1n) is 18.9. The van der Waals surface area contributed by atoms with E-state index in [2.05, 4.69) is 36.8 Å². The summed E-state index contributed by atoms with van der Waals surface area (Å²) >= 11 is 12.7. The van der Waals surface area contributed by atoms with Crippen molar-refractivity contribution in [3.8, 4) is 23.3 Å². The predicted molar refractivity (Wildman–Crippen MR) is 219 cm³/mol. The lowest BCUT2D eigenvalue weighted by Crippen LogP contribution is -2.54. The number of imide groups is 2.